The Kier molecular flexibility index (Phi) is 5.68. The molecule has 0 unspecified atom stereocenters. The van der Waals surface area contributed by atoms with E-state index < -0.39 is 23.7 Å². The first-order valence-corrected chi connectivity index (χ1v) is 6.05. The van der Waals surface area contributed by atoms with E-state index in [1.54, 1.807) is 13.0 Å². The van der Waals surface area contributed by atoms with E-state index in [2.05, 4.69) is 5.32 Å². The molecule has 0 aliphatic rings. The smallest absolute Gasteiger partial charge is 0.331 e. The van der Waals surface area contributed by atoms with Crippen LogP contribution in [-0.2, 0) is 22.6 Å². The van der Waals surface area contributed by atoms with E-state index >= 15 is 0 Å². The number of methoxy groups -OCH3 is 1. The van der Waals surface area contributed by atoms with Gasteiger partial charge in [-0.25, -0.2) is 9.36 Å². The summed E-state index contributed by atoms with van der Waals surface area (Å²) in [5.41, 5.74) is -1.54. The van der Waals surface area contributed by atoms with Crippen molar-refractivity contribution in [2.75, 3.05) is 20.3 Å². The minimum Gasteiger partial charge on any atom is -0.383 e. The van der Waals surface area contributed by atoms with Crippen LogP contribution in [0.2, 0.25) is 0 Å². The maximum Gasteiger partial charge on any atom is 0.331 e. The van der Waals surface area contributed by atoms with E-state index in [-0.39, 0.29) is 12.1 Å². The van der Waals surface area contributed by atoms with Crippen LogP contribution in [0.3, 0.4) is 0 Å². The molecule has 108 valence electrons. The maximum absolute atomic E-state index is 12.0. The second-order valence-corrected chi connectivity index (χ2v) is 3.96. The Hall–Kier alpha value is -2.40. The Morgan fingerprint density at radius 2 is 2.20 bits per heavy atom. The molecular formula is C12H16N4O4. The molecule has 0 spiro atoms. The first-order chi connectivity index (χ1) is 9.54. The number of amides is 1. The Bertz CT molecular complexity index is 638. The van der Waals surface area contributed by atoms with Crippen molar-refractivity contribution in [3.8, 4) is 6.07 Å². The highest BCUT2D eigenvalue weighted by molar-refractivity contribution is 5.75. The lowest BCUT2D eigenvalue weighted by Crippen LogP contribution is -2.44. The van der Waals surface area contributed by atoms with Crippen LogP contribution in [-0.4, -0.2) is 35.3 Å². The second kappa shape index (κ2) is 7.25. The Morgan fingerprint density at radius 1 is 1.50 bits per heavy atom. The molecular weight excluding hydrogens is 264 g/mol. The molecule has 1 amide bonds. The van der Waals surface area contributed by atoms with Gasteiger partial charge in [-0.2, -0.15) is 5.26 Å². The molecule has 0 saturated carbocycles. The summed E-state index contributed by atoms with van der Waals surface area (Å²) in [7, 11) is 1.49. The number of aryl methyl sites for hydroxylation is 1. The first-order valence-electron chi connectivity index (χ1n) is 6.05. The molecule has 1 rings (SSSR count). The van der Waals surface area contributed by atoms with Crippen molar-refractivity contribution in [1.29, 1.82) is 5.26 Å². The van der Waals surface area contributed by atoms with Gasteiger partial charge < -0.3 is 10.1 Å². The summed E-state index contributed by atoms with van der Waals surface area (Å²) in [6, 6.07) is 1.72. The molecule has 8 nitrogen and oxygen atoms in total. The highest BCUT2D eigenvalue weighted by Crippen LogP contribution is 1.87. The quantitative estimate of drug-likeness (QED) is 0.649. The maximum atomic E-state index is 12.0. The minimum atomic E-state index is -0.760. The van der Waals surface area contributed by atoms with Gasteiger partial charge in [-0.05, 0) is 6.92 Å². The number of hydrogen-bond acceptors (Lipinski definition) is 5. The van der Waals surface area contributed by atoms with Crippen LogP contribution in [0, 0.1) is 11.3 Å². The van der Waals surface area contributed by atoms with Crippen molar-refractivity contribution in [3.05, 3.63) is 32.6 Å². The third-order valence-corrected chi connectivity index (χ3v) is 2.63. The number of carbonyl (C=O) groups is 1. The van der Waals surface area contributed by atoms with Gasteiger partial charge in [0.25, 0.3) is 5.56 Å². The Morgan fingerprint density at radius 3 is 2.75 bits per heavy atom. The van der Waals surface area contributed by atoms with Gasteiger partial charge in [0, 0.05) is 26.4 Å². The molecule has 1 aromatic rings. The standard InChI is InChI=1S/C12H16N4O4/c1-3-15-7-9(6-13)11(18)16(12(15)19)8-10(17)14-4-5-20-2/h7H,3-5,8H2,1-2H3,(H,14,17). The van der Waals surface area contributed by atoms with Crippen molar-refractivity contribution in [3.63, 3.8) is 0 Å². The van der Waals surface area contributed by atoms with Gasteiger partial charge in [0.1, 0.15) is 18.2 Å². The molecule has 0 radical (unpaired) electrons. The molecule has 1 heterocycles. The number of nitrogens with zero attached hydrogens (tertiary/aromatic N) is 3. The zero-order valence-electron chi connectivity index (χ0n) is 11.4. The molecule has 1 N–H and O–H groups in total. The van der Waals surface area contributed by atoms with Crippen LogP contribution in [0.5, 0.6) is 0 Å². The van der Waals surface area contributed by atoms with Gasteiger partial charge in [0.2, 0.25) is 5.91 Å². The summed E-state index contributed by atoms with van der Waals surface area (Å²) < 4.78 is 6.74. The monoisotopic (exact) mass is 280 g/mol. The number of ether oxygens (including phenoxy) is 1. The largest absolute Gasteiger partial charge is 0.383 e. The lowest BCUT2D eigenvalue weighted by atomic mass is 10.3. The summed E-state index contributed by atoms with van der Waals surface area (Å²) in [5, 5.41) is 11.4. The molecule has 0 atom stereocenters. The predicted molar refractivity (Wildman–Crippen MR) is 70.2 cm³/mol. The zero-order valence-corrected chi connectivity index (χ0v) is 11.4. The topological polar surface area (TPSA) is 106 Å². The molecule has 0 fully saturated rings. The van der Waals surface area contributed by atoms with Crippen LogP contribution < -0.4 is 16.6 Å². The molecule has 0 aromatic carbocycles. The molecule has 0 saturated heterocycles. The highest BCUT2D eigenvalue weighted by atomic mass is 16.5. The lowest BCUT2D eigenvalue weighted by Gasteiger charge is -2.09. The van der Waals surface area contributed by atoms with E-state index in [1.165, 1.54) is 17.9 Å². The second-order valence-electron chi connectivity index (χ2n) is 3.96. The number of carbonyl (C=O) groups excluding carboxylic acids is 1. The van der Waals surface area contributed by atoms with Crippen LogP contribution in [0.1, 0.15) is 12.5 Å². The van der Waals surface area contributed by atoms with E-state index in [9.17, 15) is 14.4 Å². The van der Waals surface area contributed by atoms with Crippen LogP contribution in [0.25, 0.3) is 0 Å². The average molecular weight is 280 g/mol. The summed E-state index contributed by atoms with van der Waals surface area (Å²) in [5.74, 6) is -0.487. The summed E-state index contributed by atoms with van der Waals surface area (Å²) in [4.78, 5) is 35.5. The third kappa shape index (κ3) is 3.55. The molecule has 0 aliphatic heterocycles. The number of hydrogen-bond donors (Lipinski definition) is 1. The van der Waals surface area contributed by atoms with Crippen LogP contribution in [0.4, 0.5) is 0 Å². The molecule has 1 aromatic heterocycles. The van der Waals surface area contributed by atoms with E-state index in [0.29, 0.717) is 13.2 Å². The van der Waals surface area contributed by atoms with E-state index in [1.807, 2.05) is 0 Å². The Balaban J connectivity index is 3.06. The minimum absolute atomic E-state index is 0.170. The van der Waals surface area contributed by atoms with Gasteiger partial charge in [-0.3, -0.25) is 14.2 Å². The number of nitrogens with one attached hydrogen (secondary N) is 1. The van der Waals surface area contributed by atoms with E-state index in [4.69, 9.17) is 10.00 Å². The fourth-order valence-corrected chi connectivity index (χ4v) is 1.59. The average Bonchev–Trinajstić information content (AvgIpc) is 2.44. The van der Waals surface area contributed by atoms with Crippen LogP contribution >= 0.6 is 0 Å². The molecule has 0 bridgehead atoms. The number of aromatic nitrogens is 2. The summed E-state index contributed by atoms with van der Waals surface area (Å²) in [6.45, 7) is 2.20. The van der Waals surface area contributed by atoms with Gasteiger partial charge in [-0.1, -0.05) is 0 Å². The van der Waals surface area contributed by atoms with Gasteiger partial charge in [0.05, 0.1) is 6.61 Å². The van der Waals surface area contributed by atoms with Crippen molar-refractivity contribution in [2.45, 2.75) is 20.0 Å². The first kappa shape index (κ1) is 15.7. The SMILES string of the molecule is CCn1cc(C#N)c(=O)n(CC(=O)NCCOC)c1=O. The van der Waals surface area contributed by atoms with Crippen molar-refractivity contribution >= 4 is 5.91 Å². The van der Waals surface area contributed by atoms with Crippen molar-refractivity contribution in [1.82, 2.24) is 14.5 Å². The van der Waals surface area contributed by atoms with E-state index in [0.717, 1.165) is 4.57 Å². The highest BCUT2D eigenvalue weighted by Gasteiger charge is 2.13. The van der Waals surface area contributed by atoms with Crippen LogP contribution in [0.15, 0.2) is 15.8 Å². The molecule has 20 heavy (non-hydrogen) atoms. The lowest BCUT2D eigenvalue weighted by molar-refractivity contribution is -0.122. The number of nitriles is 1. The molecule has 8 heteroatoms. The summed E-state index contributed by atoms with van der Waals surface area (Å²) >= 11 is 0. The Labute approximate surface area is 115 Å². The predicted octanol–water partition coefficient (Wildman–Crippen LogP) is -1.34. The van der Waals surface area contributed by atoms with Crippen molar-refractivity contribution in [2.24, 2.45) is 0 Å². The van der Waals surface area contributed by atoms with Gasteiger partial charge in [0.15, 0.2) is 0 Å². The number of rotatable bonds is 6. The van der Waals surface area contributed by atoms with Gasteiger partial charge >= 0.3 is 5.69 Å². The van der Waals surface area contributed by atoms with Gasteiger partial charge in [-0.15, -0.1) is 0 Å². The normalized spacial score (nSPS) is 10.1. The molecule has 0 aliphatic carbocycles. The fourth-order valence-electron chi connectivity index (χ4n) is 1.59. The zero-order chi connectivity index (χ0) is 15.1. The third-order valence-electron chi connectivity index (χ3n) is 2.63. The summed E-state index contributed by atoms with van der Waals surface area (Å²) in [6.07, 6.45) is 1.20. The fraction of sp³-hybridized carbons (Fsp3) is 0.500. The van der Waals surface area contributed by atoms with Crippen molar-refractivity contribution < 1.29 is 9.53 Å².